The van der Waals surface area contributed by atoms with Crippen molar-refractivity contribution in [2.24, 2.45) is 7.05 Å². The summed E-state index contributed by atoms with van der Waals surface area (Å²) in [5, 5.41) is 11.0. The van der Waals surface area contributed by atoms with Crippen molar-refractivity contribution in [3.63, 3.8) is 0 Å². The van der Waals surface area contributed by atoms with E-state index in [2.05, 4.69) is 15.6 Å². The Hall–Kier alpha value is -1.47. The van der Waals surface area contributed by atoms with Crippen LogP contribution in [0, 0.1) is 0 Å². The lowest BCUT2D eigenvalue weighted by Crippen LogP contribution is -2.41. The highest BCUT2D eigenvalue weighted by atomic mass is 16.5. The number of rotatable bonds is 5. The van der Waals surface area contributed by atoms with Crippen LogP contribution in [-0.4, -0.2) is 58.6 Å². The predicted molar refractivity (Wildman–Crippen MR) is 64.7 cm³/mol. The fourth-order valence-electron chi connectivity index (χ4n) is 1.86. The number of hydrogen-bond donors (Lipinski definition) is 1. The van der Waals surface area contributed by atoms with Gasteiger partial charge in [0.2, 0.25) is 5.91 Å². The fraction of sp³-hybridized carbons (Fsp3) is 0.727. The zero-order valence-corrected chi connectivity index (χ0v) is 10.6. The average Bonchev–Trinajstić information content (AvgIpc) is 2.81. The highest BCUT2D eigenvalue weighted by molar-refractivity contribution is 5.76. The van der Waals surface area contributed by atoms with Crippen LogP contribution in [0.4, 0.5) is 0 Å². The summed E-state index contributed by atoms with van der Waals surface area (Å²) in [6.45, 7) is 4.03. The highest BCUT2D eigenvalue weighted by Gasteiger charge is 2.15. The predicted octanol–water partition coefficient (Wildman–Crippen LogP) is -0.846. The molecule has 2 heterocycles. The summed E-state index contributed by atoms with van der Waals surface area (Å²) >= 11 is 0. The van der Waals surface area contributed by atoms with Gasteiger partial charge in [-0.05, 0) is 0 Å². The molecule has 0 unspecified atom stereocenters. The van der Waals surface area contributed by atoms with Crippen molar-refractivity contribution < 1.29 is 9.53 Å². The molecule has 1 aromatic rings. The lowest BCUT2D eigenvalue weighted by Gasteiger charge is -2.26. The van der Waals surface area contributed by atoms with Crippen LogP contribution in [0.3, 0.4) is 0 Å². The van der Waals surface area contributed by atoms with Gasteiger partial charge in [-0.3, -0.25) is 9.48 Å². The van der Waals surface area contributed by atoms with E-state index in [1.165, 1.54) is 0 Å². The summed E-state index contributed by atoms with van der Waals surface area (Å²) in [6.07, 6.45) is 2.37. The molecule has 7 nitrogen and oxygen atoms in total. The van der Waals surface area contributed by atoms with Crippen LogP contribution >= 0.6 is 0 Å². The van der Waals surface area contributed by atoms with Gasteiger partial charge in [0.15, 0.2) is 0 Å². The van der Waals surface area contributed by atoms with Gasteiger partial charge in [0, 0.05) is 45.8 Å². The van der Waals surface area contributed by atoms with Crippen LogP contribution in [0.1, 0.15) is 12.1 Å². The summed E-state index contributed by atoms with van der Waals surface area (Å²) in [5.41, 5.74) is 0.885. The molecule has 1 aromatic heterocycles. The normalized spacial score (nSPS) is 15.9. The molecule has 100 valence electrons. The van der Waals surface area contributed by atoms with Crippen molar-refractivity contribution in [1.29, 1.82) is 0 Å². The van der Waals surface area contributed by atoms with Crippen LogP contribution in [0.2, 0.25) is 0 Å². The molecule has 1 saturated heterocycles. The minimum absolute atomic E-state index is 0.185. The van der Waals surface area contributed by atoms with Crippen molar-refractivity contribution >= 4 is 5.91 Å². The Morgan fingerprint density at radius 2 is 2.28 bits per heavy atom. The monoisotopic (exact) mass is 253 g/mol. The van der Waals surface area contributed by atoms with Gasteiger partial charge in [0.25, 0.3) is 0 Å². The zero-order chi connectivity index (χ0) is 12.8. The van der Waals surface area contributed by atoms with Crippen LogP contribution < -0.4 is 5.32 Å². The number of aromatic nitrogens is 3. The second-order valence-corrected chi connectivity index (χ2v) is 4.30. The molecule has 0 aliphatic carbocycles. The van der Waals surface area contributed by atoms with Gasteiger partial charge < -0.3 is 15.0 Å². The van der Waals surface area contributed by atoms with Gasteiger partial charge in [-0.15, -0.1) is 5.10 Å². The molecule has 0 radical (unpaired) electrons. The summed E-state index contributed by atoms with van der Waals surface area (Å²) in [6, 6.07) is 0. The zero-order valence-electron chi connectivity index (χ0n) is 10.6. The molecule has 0 spiro atoms. The van der Waals surface area contributed by atoms with Crippen molar-refractivity contribution in [3.8, 4) is 0 Å². The van der Waals surface area contributed by atoms with E-state index in [1.54, 1.807) is 4.68 Å². The van der Waals surface area contributed by atoms with Gasteiger partial charge in [-0.1, -0.05) is 5.21 Å². The number of aryl methyl sites for hydroxylation is 1. The van der Waals surface area contributed by atoms with Crippen molar-refractivity contribution in [3.05, 3.63) is 11.9 Å². The topological polar surface area (TPSA) is 72.3 Å². The molecular formula is C11H19N5O2. The van der Waals surface area contributed by atoms with Crippen LogP contribution in [-0.2, 0) is 23.1 Å². The maximum absolute atomic E-state index is 11.8. The number of morpholine rings is 1. The number of nitrogens with one attached hydrogen (secondary N) is 1. The smallest absolute Gasteiger partial charge is 0.224 e. The minimum atomic E-state index is 0.185. The summed E-state index contributed by atoms with van der Waals surface area (Å²) < 4.78 is 6.87. The molecule has 1 amide bonds. The van der Waals surface area contributed by atoms with E-state index >= 15 is 0 Å². The molecule has 0 bridgehead atoms. The first kappa shape index (κ1) is 13.0. The first-order valence-corrected chi connectivity index (χ1v) is 6.17. The molecule has 18 heavy (non-hydrogen) atoms. The third-order valence-corrected chi connectivity index (χ3v) is 2.84. The van der Waals surface area contributed by atoms with Crippen LogP contribution in [0.25, 0.3) is 0 Å². The number of hydrogen-bond acceptors (Lipinski definition) is 5. The SMILES string of the molecule is Cn1cc(CNCCC(=O)N2CCOCC2)nn1. The second kappa shape index (κ2) is 6.46. The van der Waals surface area contributed by atoms with Gasteiger partial charge in [0.05, 0.1) is 18.9 Å². The first-order valence-electron chi connectivity index (χ1n) is 6.17. The molecule has 1 fully saturated rings. The molecule has 1 aliphatic rings. The molecule has 0 aromatic carbocycles. The maximum atomic E-state index is 11.8. The van der Waals surface area contributed by atoms with E-state index in [1.807, 2.05) is 18.1 Å². The maximum Gasteiger partial charge on any atom is 0.224 e. The fourth-order valence-corrected chi connectivity index (χ4v) is 1.86. The van der Waals surface area contributed by atoms with Gasteiger partial charge in [0.1, 0.15) is 0 Å². The number of amides is 1. The molecule has 7 heteroatoms. The van der Waals surface area contributed by atoms with Crippen LogP contribution in [0.5, 0.6) is 0 Å². The summed E-state index contributed by atoms with van der Waals surface area (Å²) in [4.78, 5) is 13.7. The van der Waals surface area contributed by atoms with E-state index in [-0.39, 0.29) is 5.91 Å². The molecule has 0 atom stereocenters. The van der Waals surface area contributed by atoms with E-state index in [4.69, 9.17) is 4.74 Å². The average molecular weight is 253 g/mol. The van der Waals surface area contributed by atoms with Crippen molar-refractivity contribution in [2.75, 3.05) is 32.8 Å². The van der Waals surface area contributed by atoms with Crippen molar-refractivity contribution in [2.45, 2.75) is 13.0 Å². The Morgan fingerprint density at radius 1 is 1.50 bits per heavy atom. The minimum Gasteiger partial charge on any atom is -0.378 e. The lowest BCUT2D eigenvalue weighted by atomic mass is 10.3. The Balaban J connectivity index is 1.61. The van der Waals surface area contributed by atoms with Crippen LogP contribution in [0.15, 0.2) is 6.20 Å². The standard InChI is InChI=1S/C11H19N5O2/c1-15-9-10(13-14-15)8-12-3-2-11(17)16-4-6-18-7-5-16/h9,12H,2-8H2,1H3. The second-order valence-electron chi connectivity index (χ2n) is 4.30. The lowest BCUT2D eigenvalue weighted by molar-refractivity contribution is -0.135. The summed E-state index contributed by atoms with van der Waals surface area (Å²) in [5.74, 6) is 0.185. The molecule has 1 aliphatic heterocycles. The number of ether oxygens (including phenoxy) is 1. The number of nitrogens with zero attached hydrogens (tertiary/aromatic N) is 4. The molecular weight excluding hydrogens is 234 g/mol. The Labute approximate surface area is 106 Å². The highest BCUT2D eigenvalue weighted by Crippen LogP contribution is 1.99. The Kier molecular flexibility index (Phi) is 4.66. The quantitative estimate of drug-likeness (QED) is 0.692. The van der Waals surface area contributed by atoms with E-state index in [0.29, 0.717) is 45.8 Å². The summed E-state index contributed by atoms with van der Waals surface area (Å²) in [7, 11) is 1.83. The Morgan fingerprint density at radius 3 is 2.94 bits per heavy atom. The van der Waals surface area contributed by atoms with Gasteiger partial charge in [-0.25, -0.2) is 0 Å². The Bertz CT molecular complexity index is 387. The molecule has 1 N–H and O–H groups in total. The third-order valence-electron chi connectivity index (χ3n) is 2.84. The molecule has 0 saturated carbocycles. The first-order chi connectivity index (χ1) is 8.75. The largest absolute Gasteiger partial charge is 0.378 e. The van der Waals surface area contributed by atoms with E-state index in [0.717, 1.165) is 5.69 Å². The third kappa shape index (κ3) is 3.78. The van der Waals surface area contributed by atoms with E-state index < -0.39 is 0 Å². The number of carbonyl (C=O) groups excluding carboxylic acids is 1. The van der Waals surface area contributed by atoms with E-state index in [9.17, 15) is 4.79 Å². The molecule has 2 rings (SSSR count). The van der Waals surface area contributed by atoms with Gasteiger partial charge in [-0.2, -0.15) is 0 Å². The van der Waals surface area contributed by atoms with Crippen molar-refractivity contribution in [1.82, 2.24) is 25.2 Å². The number of carbonyl (C=O) groups is 1. The van der Waals surface area contributed by atoms with Gasteiger partial charge >= 0.3 is 0 Å².